The maximum absolute atomic E-state index is 6.60. The van der Waals surface area contributed by atoms with Gasteiger partial charge in [0.15, 0.2) is 17.5 Å². The fraction of sp³-hybridized carbons (Fsp3) is 0.0500. The molecule has 4 heterocycles. The minimum Gasteiger partial charge on any atom is -0.456 e. The van der Waals surface area contributed by atoms with Crippen molar-refractivity contribution >= 4 is 65.8 Å². The van der Waals surface area contributed by atoms with Gasteiger partial charge in [0, 0.05) is 54.4 Å². The standard InChI is InChI=1S/C60H37N3O3/c1-60(2)47-19-6-3-14-39(47)44-31-36(24-27-48(44)60)34-12-9-13-35(30-34)37-25-28-52-46(32-37)56-43(18-11-23-54(56)66-52)59-62-57(38-26-29-51-45(33-38)40-15-4-7-20-49(40)64-51)61-58(63-59)42-17-10-22-53-55(42)41-16-5-8-21-50(41)65-53/h3-33H,1-2H3. The van der Waals surface area contributed by atoms with Gasteiger partial charge in [-0.15, -0.1) is 0 Å². The van der Waals surface area contributed by atoms with Crippen LogP contribution in [0.2, 0.25) is 0 Å². The lowest BCUT2D eigenvalue weighted by molar-refractivity contribution is 0.660. The summed E-state index contributed by atoms with van der Waals surface area (Å²) in [6.45, 7) is 4.65. The molecule has 6 heteroatoms. The Hall–Kier alpha value is -8.61. The average Bonchev–Trinajstić information content (AvgIpc) is 4.11. The van der Waals surface area contributed by atoms with Gasteiger partial charge in [0.25, 0.3) is 0 Å². The molecule has 14 rings (SSSR count). The monoisotopic (exact) mass is 847 g/mol. The van der Waals surface area contributed by atoms with Crippen LogP contribution in [0.25, 0.3) is 133 Å². The van der Waals surface area contributed by atoms with E-state index in [0.717, 1.165) is 93.6 Å². The second kappa shape index (κ2) is 13.7. The van der Waals surface area contributed by atoms with E-state index in [2.05, 4.69) is 129 Å². The zero-order valence-corrected chi connectivity index (χ0v) is 36.0. The number of furan rings is 3. The van der Waals surface area contributed by atoms with Crippen molar-refractivity contribution in [2.45, 2.75) is 19.3 Å². The highest BCUT2D eigenvalue weighted by atomic mass is 16.3. The van der Waals surface area contributed by atoms with Crippen LogP contribution >= 0.6 is 0 Å². The Balaban J connectivity index is 0.938. The fourth-order valence-corrected chi connectivity index (χ4v) is 10.5. The molecule has 0 aliphatic heterocycles. The summed E-state index contributed by atoms with van der Waals surface area (Å²) in [6, 6.07) is 65.6. The van der Waals surface area contributed by atoms with Crippen LogP contribution in [-0.4, -0.2) is 15.0 Å². The smallest absolute Gasteiger partial charge is 0.164 e. The van der Waals surface area contributed by atoms with Crippen molar-refractivity contribution in [3.05, 3.63) is 199 Å². The summed E-state index contributed by atoms with van der Waals surface area (Å²) in [4.78, 5) is 15.9. The minimum atomic E-state index is -0.0367. The van der Waals surface area contributed by atoms with E-state index < -0.39 is 0 Å². The second-order valence-corrected chi connectivity index (χ2v) is 17.9. The zero-order chi connectivity index (χ0) is 43.7. The number of rotatable bonds is 5. The van der Waals surface area contributed by atoms with Crippen LogP contribution in [0.3, 0.4) is 0 Å². The lowest BCUT2D eigenvalue weighted by atomic mass is 9.82. The van der Waals surface area contributed by atoms with Gasteiger partial charge in [-0.2, -0.15) is 0 Å². The summed E-state index contributed by atoms with van der Waals surface area (Å²) in [6.07, 6.45) is 0. The first-order valence-corrected chi connectivity index (χ1v) is 22.3. The molecule has 1 aliphatic rings. The van der Waals surface area contributed by atoms with Crippen LogP contribution < -0.4 is 0 Å². The van der Waals surface area contributed by atoms with Crippen LogP contribution in [0, 0.1) is 0 Å². The molecular weight excluding hydrogens is 811 g/mol. The SMILES string of the molecule is CC1(C)c2ccccc2-c2cc(-c3cccc(-c4ccc5oc6cccc(-c7nc(-c8ccc9oc%10ccccc%10c9c8)nc(-c8cccc9oc%10ccccc%10c89)n7)c6c5c4)c3)ccc21. The minimum absolute atomic E-state index is 0.0367. The Labute approximate surface area is 378 Å². The molecule has 0 N–H and O–H groups in total. The summed E-state index contributed by atoms with van der Waals surface area (Å²) >= 11 is 0. The molecule has 0 amide bonds. The quantitative estimate of drug-likeness (QED) is 0.172. The van der Waals surface area contributed by atoms with Gasteiger partial charge in [0.2, 0.25) is 0 Å². The topological polar surface area (TPSA) is 78.1 Å². The normalized spacial score (nSPS) is 13.1. The third kappa shape index (κ3) is 5.45. The molecule has 0 saturated heterocycles. The molecule has 0 unspecified atom stereocenters. The largest absolute Gasteiger partial charge is 0.456 e. The maximum atomic E-state index is 6.60. The number of hydrogen-bond donors (Lipinski definition) is 0. The van der Waals surface area contributed by atoms with Crippen LogP contribution in [-0.2, 0) is 5.41 Å². The predicted molar refractivity (Wildman–Crippen MR) is 266 cm³/mol. The van der Waals surface area contributed by atoms with E-state index in [0.29, 0.717) is 17.5 Å². The summed E-state index contributed by atoms with van der Waals surface area (Å²) in [5.74, 6) is 1.64. The second-order valence-electron chi connectivity index (χ2n) is 17.9. The van der Waals surface area contributed by atoms with Crippen LogP contribution in [0.4, 0.5) is 0 Å². The first-order valence-electron chi connectivity index (χ1n) is 22.3. The average molecular weight is 848 g/mol. The molecule has 6 nitrogen and oxygen atoms in total. The van der Waals surface area contributed by atoms with Gasteiger partial charge in [0.05, 0.1) is 0 Å². The molecule has 310 valence electrons. The number of para-hydroxylation sites is 2. The Morgan fingerprint density at radius 3 is 1.53 bits per heavy atom. The lowest BCUT2D eigenvalue weighted by Crippen LogP contribution is -2.14. The van der Waals surface area contributed by atoms with Crippen LogP contribution in [0.15, 0.2) is 201 Å². The van der Waals surface area contributed by atoms with Crippen molar-refractivity contribution in [1.82, 2.24) is 15.0 Å². The first kappa shape index (κ1) is 36.8. The van der Waals surface area contributed by atoms with Crippen LogP contribution in [0.1, 0.15) is 25.0 Å². The molecule has 0 bridgehead atoms. The van der Waals surface area contributed by atoms with E-state index in [1.54, 1.807) is 0 Å². The molecule has 0 radical (unpaired) electrons. The van der Waals surface area contributed by atoms with Gasteiger partial charge in [-0.3, -0.25) is 0 Å². The highest BCUT2D eigenvalue weighted by molar-refractivity contribution is 6.14. The number of aromatic nitrogens is 3. The number of benzene rings is 9. The molecule has 13 aromatic rings. The molecular formula is C60H37N3O3. The Kier molecular flexibility index (Phi) is 7.64. The summed E-state index contributed by atoms with van der Waals surface area (Å²) in [5.41, 5.74) is 17.3. The van der Waals surface area contributed by atoms with Gasteiger partial charge in [-0.05, 0) is 111 Å². The molecule has 9 aromatic carbocycles. The van der Waals surface area contributed by atoms with E-state index in [-0.39, 0.29) is 5.41 Å². The molecule has 0 spiro atoms. The lowest BCUT2D eigenvalue weighted by Gasteiger charge is -2.21. The van der Waals surface area contributed by atoms with E-state index >= 15 is 0 Å². The third-order valence-corrected chi connectivity index (χ3v) is 13.8. The summed E-state index contributed by atoms with van der Waals surface area (Å²) in [5, 5.41) is 5.92. The van der Waals surface area contributed by atoms with E-state index in [1.807, 2.05) is 72.8 Å². The zero-order valence-electron chi connectivity index (χ0n) is 36.0. The summed E-state index contributed by atoms with van der Waals surface area (Å²) in [7, 11) is 0. The highest BCUT2D eigenvalue weighted by Crippen LogP contribution is 2.50. The van der Waals surface area contributed by atoms with Gasteiger partial charge < -0.3 is 13.3 Å². The van der Waals surface area contributed by atoms with Crippen molar-refractivity contribution in [2.24, 2.45) is 0 Å². The van der Waals surface area contributed by atoms with Gasteiger partial charge >= 0.3 is 0 Å². The summed E-state index contributed by atoms with van der Waals surface area (Å²) < 4.78 is 19.2. The number of nitrogens with zero attached hydrogens (tertiary/aromatic N) is 3. The molecule has 66 heavy (non-hydrogen) atoms. The van der Waals surface area contributed by atoms with Crippen molar-refractivity contribution < 1.29 is 13.3 Å². The highest BCUT2D eigenvalue weighted by Gasteiger charge is 2.35. The van der Waals surface area contributed by atoms with E-state index in [1.165, 1.54) is 33.4 Å². The van der Waals surface area contributed by atoms with E-state index in [4.69, 9.17) is 28.2 Å². The predicted octanol–water partition coefficient (Wildman–Crippen LogP) is 16.2. The Morgan fingerprint density at radius 1 is 0.303 bits per heavy atom. The van der Waals surface area contributed by atoms with Gasteiger partial charge in [0.1, 0.15) is 33.5 Å². The molecule has 4 aromatic heterocycles. The number of fused-ring (bicyclic) bond motifs is 12. The van der Waals surface area contributed by atoms with Crippen molar-refractivity contribution in [1.29, 1.82) is 0 Å². The van der Waals surface area contributed by atoms with Crippen LogP contribution in [0.5, 0.6) is 0 Å². The molecule has 0 saturated carbocycles. The van der Waals surface area contributed by atoms with Gasteiger partial charge in [-0.25, -0.2) is 15.0 Å². The van der Waals surface area contributed by atoms with Gasteiger partial charge in [-0.1, -0.05) is 135 Å². The first-order chi connectivity index (χ1) is 32.4. The van der Waals surface area contributed by atoms with Crippen molar-refractivity contribution in [3.63, 3.8) is 0 Å². The molecule has 0 fully saturated rings. The third-order valence-electron chi connectivity index (χ3n) is 13.8. The Morgan fingerprint density at radius 2 is 0.773 bits per heavy atom. The van der Waals surface area contributed by atoms with Crippen molar-refractivity contribution in [3.8, 4) is 67.5 Å². The van der Waals surface area contributed by atoms with Crippen molar-refractivity contribution in [2.75, 3.05) is 0 Å². The maximum Gasteiger partial charge on any atom is 0.164 e. The fourth-order valence-electron chi connectivity index (χ4n) is 10.5. The van der Waals surface area contributed by atoms with E-state index in [9.17, 15) is 0 Å². The number of hydrogen-bond acceptors (Lipinski definition) is 6. The molecule has 1 aliphatic carbocycles. The Bertz CT molecular complexity index is 4170. The molecule has 0 atom stereocenters.